The minimum Gasteiger partial charge on any atom is -0.331 e. The molecule has 0 aromatic heterocycles. The van der Waals surface area contributed by atoms with Gasteiger partial charge in [0, 0.05) is 23.5 Å². The van der Waals surface area contributed by atoms with Gasteiger partial charge in [0.15, 0.2) is 0 Å². The lowest BCUT2D eigenvalue weighted by molar-refractivity contribution is -0.140. The summed E-state index contributed by atoms with van der Waals surface area (Å²) in [4.78, 5) is 14.2. The van der Waals surface area contributed by atoms with Crippen LogP contribution in [0, 0.1) is 0 Å². The summed E-state index contributed by atoms with van der Waals surface area (Å²) in [6, 6.07) is 7.70. The van der Waals surface area contributed by atoms with Crippen molar-refractivity contribution >= 4 is 17.5 Å². The highest BCUT2D eigenvalue weighted by atomic mass is 35.5. The standard InChI is InChI=1S/C15H21ClN2O/c1-3-10(2)18-14(19)9-8-13(17)15(18)11-6-4-5-7-12(11)16/h4-7,10,13,15H,3,8-9,17H2,1-2H3. The number of carbonyl (C=O) groups is 1. The second kappa shape index (κ2) is 5.93. The number of nitrogens with two attached hydrogens (primary N) is 1. The lowest BCUT2D eigenvalue weighted by Crippen LogP contribution is -2.52. The molecule has 19 heavy (non-hydrogen) atoms. The van der Waals surface area contributed by atoms with Gasteiger partial charge in [-0.2, -0.15) is 0 Å². The summed E-state index contributed by atoms with van der Waals surface area (Å²) in [5.41, 5.74) is 7.24. The molecule has 1 saturated heterocycles. The van der Waals surface area contributed by atoms with E-state index in [-0.39, 0.29) is 24.0 Å². The van der Waals surface area contributed by atoms with Gasteiger partial charge >= 0.3 is 0 Å². The zero-order chi connectivity index (χ0) is 14.0. The number of nitrogens with zero attached hydrogens (tertiary/aromatic N) is 1. The van der Waals surface area contributed by atoms with E-state index in [2.05, 4.69) is 13.8 Å². The van der Waals surface area contributed by atoms with E-state index in [4.69, 9.17) is 17.3 Å². The Morgan fingerprint density at radius 2 is 2.16 bits per heavy atom. The maximum absolute atomic E-state index is 12.3. The third-order valence-corrected chi connectivity index (χ3v) is 4.32. The van der Waals surface area contributed by atoms with Crippen LogP contribution in [0.25, 0.3) is 0 Å². The van der Waals surface area contributed by atoms with Crippen LogP contribution in [-0.4, -0.2) is 22.9 Å². The van der Waals surface area contributed by atoms with Crippen molar-refractivity contribution in [2.24, 2.45) is 5.73 Å². The highest BCUT2D eigenvalue weighted by molar-refractivity contribution is 6.31. The third kappa shape index (κ3) is 2.77. The number of benzene rings is 1. The van der Waals surface area contributed by atoms with Crippen LogP contribution < -0.4 is 5.73 Å². The van der Waals surface area contributed by atoms with Crippen molar-refractivity contribution in [1.29, 1.82) is 0 Å². The number of piperidine rings is 1. The number of hydrogen-bond donors (Lipinski definition) is 1. The average Bonchev–Trinajstić information content (AvgIpc) is 2.41. The van der Waals surface area contributed by atoms with Gasteiger partial charge in [-0.15, -0.1) is 0 Å². The van der Waals surface area contributed by atoms with E-state index in [1.54, 1.807) is 0 Å². The molecule has 0 aliphatic carbocycles. The Hall–Kier alpha value is -1.06. The van der Waals surface area contributed by atoms with E-state index in [0.717, 1.165) is 18.4 Å². The molecule has 2 N–H and O–H groups in total. The molecule has 0 radical (unpaired) electrons. The van der Waals surface area contributed by atoms with Crippen molar-refractivity contribution in [2.75, 3.05) is 0 Å². The van der Waals surface area contributed by atoms with E-state index in [1.807, 2.05) is 29.2 Å². The zero-order valence-electron chi connectivity index (χ0n) is 11.5. The maximum Gasteiger partial charge on any atom is 0.223 e. The molecule has 3 unspecified atom stereocenters. The van der Waals surface area contributed by atoms with Crippen LogP contribution >= 0.6 is 11.6 Å². The molecule has 4 heteroatoms. The van der Waals surface area contributed by atoms with Crippen LogP contribution in [-0.2, 0) is 4.79 Å². The molecular formula is C15H21ClN2O. The molecule has 1 aromatic rings. The first kappa shape index (κ1) is 14.4. The molecule has 1 aromatic carbocycles. The van der Waals surface area contributed by atoms with Gasteiger partial charge < -0.3 is 10.6 Å². The summed E-state index contributed by atoms with van der Waals surface area (Å²) < 4.78 is 0. The van der Waals surface area contributed by atoms with Crippen LogP contribution in [0.4, 0.5) is 0 Å². The molecule has 3 atom stereocenters. The Morgan fingerprint density at radius 3 is 2.79 bits per heavy atom. The van der Waals surface area contributed by atoms with Gasteiger partial charge in [-0.05, 0) is 31.4 Å². The first-order valence-corrected chi connectivity index (χ1v) is 7.25. The van der Waals surface area contributed by atoms with Crippen molar-refractivity contribution < 1.29 is 4.79 Å². The topological polar surface area (TPSA) is 46.3 Å². The number of likely N-dealkylation sites (tertiary alicyclic amines) is 1. The predicted octanol–water partition coefficient (Wildman–Crippen LogP) is 3.13. The highest BCUT2D eigenvalue weighted by Crippen LogP contribution is 2.36. The SMILES string of the molecule is CCC(C)N1C(=O)CCC(N)C1c1ccccc1Cl. The van der Waals surface area contributed by atoms with E-state index in [1.165, 1.54) is 0 Å². The number of rotatable bonds is 3. The Labute approximate surface area is 119 Å². The van der Waals surface area contributed by atoms with Gasteiger partial charge in [0.1, 0.15) is 0 Å². The summed E-state index contributed by atoms with van der Waals surface area (Å²) in [5, 5.41) is 0.686. The second-order valence-electron chi connectivity index (χ2n) is 5.23. The van der Waals surface area contributed by atoms with Gasteiger partial charge in [0.2, 0.25) is 5.91 Å². The van der Waals surface area contributed by atoms with Crippen molar-refractivity contribution in [2.45, 2.75) is 51.2 Å². The molecule has 2 rings (SSSR count). The Bertz CT molecular complexity index is 463. The summed E-state index contributed by atoms with van der Waals surface area (Å²) in [7, 11) is 0. The van der Waals surface area contributed by atoms with Crippen LogP contribution in [0.5, 0.6) is 0 Å². The fraction of sp³-hybridized carbons (Fsp3) is 0.533. The fourth-order valence-corrected chi connectivity index (χ4v) is 3.00. The molecule has 104 valence electrons. The second-order valence-corrected chi connectivity index (χ2v) is 5.63. The van der Waals surface area contributed by atoms with Gasteiger partial charge in [-0.3, -0.25) is 4.79 Å². The van der Waals surface area contributed by atoms with Gasteiger partial charge in [0.05, 0.1) is 6.04 Å². The smallest absolute Gasteiger partial charge is 0.223 e. The van der Waals surface area contributed by atoms with E-state index in [0.29, 0.717) is 11.4 Å². The molecule has 0 spiro atoms. The van der Waals surface area contributed by atoms with Crippen LogP contribution in [0.2, 0.25) is 5.02 Å². The predicted molar refractivity (Wildman–Crippen MR) is 78.0 cm³/mol. The average molecular weight is 281 g/mol. The maximum atomic E-state index is 12.3. The van der Waals surface area contributed by atoms with Crippen molar-refractivity contribution in [3.63, 3.8) is 0 Å². The van der Waals surface area contributed by atoms with E-state index < -0.39 is 0 Å². The molecule has 1 heterocycles. The van der Waals surface area contributed by atoms with Crippen molar-refractivity contribution in [3.05, 3.63) is 34.9 Å². The van der Waals surface area contributed by atoms with Gasteiger partial charge in [0.25, 0.3) is 0 Å². The normalized spacial score (nSPS) is 25.5. The van der Waals surface area contributed by atoms with E-state index in [9.17, 15) is 4.79 Å². The molecule has 1 fully saturated rings. The molecule has 1 aliphatic heterocycles. The molecular weight excluding hydrogens is 260 g/mol. The van der Waals surface area contributed by atoms with Crippen LogP contribution in [0.15, 0.2) is 24.3 Å². The number of amides is 1. The minimum absolute atomic E-state index is 0.0494. The summed E-state index contributed by atoms with van der Waals surface area (Å²) >= 11 is 6.29. The first-order chi connectivity index (χ1) is 9.06. The molecule has 0 bridgehead atoms. The lowest BCUT2D eigenvalue weighted by atomic mass is 9.89. The zero-order valence-corrected chi connectivity index (χ0v) is 12.2. The molecule has 1 amide bonds. The Kier molecular flexibility index (Phi) is 4.48. The minimum atomic E-state index is -0.107. The summed E-state index contributed by atoms with van der Waals surface area (Å²) in [6.45, 7) is 4.15. The molecule has 0 saturated carbocycles. The van der Waals surface area contributed by atoms with Crippen LogP contribution in [0.1, 0.15) is 44.7 Å². The first-order valence-electron chi connectivity index (χ1n) is 6.87. The van der Waals surface area contributed by atoms with Crippen LogP contribution in [0.3, 0.4) is 0 Å². The molecule has 3 nitrogen and oxygen atoms in total. The van der Waals surface area contributed by atoms with Crippen molar-refractivity contribution in [1.82, 2.24) is 4.90 Å². The van der Waals surface area contributed by atoms with Crippen molar-refractivity contribution in [3.8, 4) is 0 Å². The Balaban J connectivity index is 2.42. The van der Waals surface area contributed by atoms with E-state index >= 15 is 0 Å². The van der Waals surface area contributed by atoms with Gasteiger partial charge in [-0.25, -0.2) is 0 Å². The summed E-state index contributed by atoms with van der Waals surface area (Å²) in [5.74, 6) is 0.181. The quantitative estimate of drug-likeness (QED) is 0.925. The largest absolute Gasteiger partial charge is 0.331 e. The Morgan fingerprint density at radius 1 is 1.47 bits per heavy atom. The fourth-order valence-electron chi connectivity index (χ4n) is 2.75. The summed E-state index contributed by atoms with van der Waals surface area (Å²) in [6.07, 6.45) is 2.17. The highest BCUT2D eigenvalue weighted by Gasteiger charge is 2.37. The number of halogens is 1. The number of carbonyl (C=O) groups excluding carboxylic acids is 1. The number of hydrogen-bond acceptors (Lipinski definition) is 2. The monoisotopic (exact) mass is 280 g/mol. The molecule has 1 aliphatic rings. The third-order valence-electron chi connectivity index (χ3n) is 3.97. The lowest BCUT2D eigenvalue weighted by Gasteiger charge is -2.43. The van der Waals surface area contributed by atoms with Gasteiger partial charge in [-0.1, -0.05) is 36.7 Å².